The molecule has 3 aromatic rings. The van der Waals surface area contributed by atoms with Gasteiger partial charge in [0, 0.05) is 16.1 Å². The highest BCUT2D eigenvalue weighted by Gasteiger charge is 2.07. The minimum Gasteiger partial charge on any atom is -0.465 e. The molecule has 1 amide bonds. The van der Waals surface area contributed by atoms with Crippen LogP contribution < -0.4 is 5.32 Å². The van der Waals surface area contributed by atoms with Crippen LogP contribution in [0.1, 0.15) is 5.76 Å². The quantitative estimate of drug-likeness (QED) is 0.699. The Morgan fingerprint density at radius 3 is 3.00 bits per heavy atom. The van der Waals surface area contributed by atoms with Crippen molar-refractivity contribution in [1.82, 2.24) is 15.2 Å². The number of hydrogen-bond acceptors (Lipinski definition) is 4. The van der Waals surface area contributed by atoms with E-state index in [-0.39, 0.29) is 11.9 Å². The van der Waals surface area contributed by atoms with Crippen LogP contribution in [-0.4, -0.2) is 21.1 Å². The second-order valence-corrected chi connectivity index (χ2v) is 5.27. The van der Waals surface area contributed by atoms with Crippen LogP contribution in [0.2, 0.25) is 0 Å². The summed E-state index contributed by atoms with van der Waals surface area (Å²) in [5.41, 5.74) is 0.869. The Kier molecular flexibility index (Phi) is 4.15. The summed E-state index contributed by atoms with van der Waals surface area (Å²) in [6, 6.07) is 11.1. The maximum atomic E-state index is 11.8. The van der Waals surface area contributed by atoms with Crippen LogP contribution in [0.4, 0.5) is 5.95 Å². The summed E-state index contributed by atoms with van der Waals surface area (Å²) in [4.78, 5) is 16.0. The van der Waals surface area contributed by atoms with Crippen LogP contribution >= 0.6 is 15.9 Å². The zero-order valence-corrected chi connectivity index (χ0v) is 12.9. The van der Waals surface area contributed by atoms with E-state index in [1.807, 2.05) is 24.3 Å². The van der Waals surface area contributed by atoms with Crippen LogP contribution in [-0.2, 0) is 4.79 Å². The number of benzene rings is 1. The minimum atomic E-state index is -0.337. The molecule has 2 heterocycles. The van der Waals surface area contributed by atoms with Crippen molar-refractivity contribution in [2.24, 2.45) is 0 Å². The molecule has 0 aliphatic carbocycles. The maximum absolute atomic E-state index is 11.8. The van der Waals surface area contributed by atoms with E-state index < -0.39 is 0 Å². The number of nitrogens with zero attached hydrogens (tertiary/aromatic N) is 2. The van der Waals surface area contributed by atoms with E-state index in [0.29, 0.717) is 11.6 Å². The van der Waals surface area contributed by atoms with Gasteiger partial charge in [-0.1, -0.05) is 28.1 Å². The lowest BCUT2D eigenvalue weighted by atomic mass is 10.2. The third-order valence-corrected chi connectivity index (χ3v) is 3.25. The van der Waals surface area contributed by atoms with Crippen LogP contribution in [0.25, 0.3) is 17.5 Å². The lowest BCUT2D eigenvalue weighted by molar-refractivity contribution is -0.111. The van der Waals surface area contributed by atoms with Crippen molar-refractivity contribution in [2.45, 2.75) is 0 Å². The van der Waals surface area contributed by atoms with Crippen LogP contribution in [0.15, 0.2) is 57.6 Å². The van der Waals surface area contributed by atoms with Gasteiger partial charge in [-0.25, -0.2) is 0 Å². The first-order valence-electron chi connectivity index (χ1n) is 6.41. The van der Waals surface area contributed by atoms with E-state index >= 15 is 0 Å². The van der Waals surface area contributed by atoms with E-state index in [1.165, 1.54) is 12.3 Å². The number of aromatic amines is 1. The Hall–Kier alpha value is -2.67. The van der Waals surface area contributed by atoms with Crippen molar-refractivity contribution >= 4 is 33.9 Å². The van der Waals surface area contributed by atoms with Gasteiger partial charge in [-0.2, -0.15) is 4.98 Å². The van der Waals surface area contributed by atoms with Gasteiger partial charge in [0.1, 0.15) is 5.76 Å². The number of H-pyrrole nitrogens is 1. The Morgan fingerprint density at radius 1 is 1.32 bits per heavy atom. The first-order valence-corrected chi connectivity index (χ1v) is 7.21. The van der Waals surface area contributed by atoms with Gasteiger partial charge in [-0.3, -0.25) is 15.2 Å². The molecule has 0 saturated carbocycles. The molecule has 0 radical (unpaired) electrons. The number of carbonyl (C=O) groups is 1. The normalized spacial score (nSPS) is 11.0. The van der Waals surface area contributed by atoms with E-state index in [1.54, 1.807) is 18.2 Å². The molecule has 0 spiro atoms. The standard InChI is InChI=1S/C15H11BrN4O2/c16-11-4-1-3-10(9-11)14-18-15(20-19-14)17-13(21)7-6-12-5-2-8-22-12/h1-9H,(H2,17,18,19,20,21)/b7-6+. The molecule has 0 fully saturated rings. The molecule has 0 aliphatic rings. The average molecular weight is 359 g/mol. The van der Waals surface area contributed by atoms with Crippen molar-refractivity contribution < 1.29 is 9.21 Å². The summed E-state index contributed by atoms with van der Waals surface area (Å²) in [5.74, 6) is 1.05. The molecule has 2 N–H and O–H groups in total. The number of furan rings is 1. The number of nitrogens with one attached hydrogen (secondary N) is 2. The van der Waals surface area contributed by atoms with Crippen LogP contribution in [0.3, 0.4) is 0 Å². The van der Waals surface area contributed by atoms with Crippen molar-refractivity contribution in [3.63, 3.8) is 0 Å². The molecule has 0 atom stereocenters. The molecule has 2 aromatic heterocycles. The maximum Gasteiger partial charge on any atom is 0.250 e. The van der Waals surface area contributed by atoms with Gasteiger partial charge in [-0.05, 0) is 30.3 Å². The zero-order valence-electron chi connectivity index (χ0n) is 11.3. The lowest BCUT2D eigenvalue weighted by Crippen LogP contribution is -2.08. The third-order valence-electron chi connectivity index (χ3n) is 2.76. The molecule has 7 heteroatoms. The topological polar surface area (TPSA) is 83.8 Å². The average Bonchev–Trinajstić information content (AvgIpc) is 3.16. The number of aromatic nitrogens is 3. The largest absolute Gasteiger partial charge is 0.465 e. The molecular weight excluding hydrogens is 348 g/mol. The minimum absolute atomic E-state index is 0.212. The zero-order chi connectivity index (χ0) is 15.4. The van der Waals surface area contributed by atoms with Crippen molar-refractivity contribution in [1.29, 1.82) is 0 Å². The van der Waals surface area contributed by atoms with Gasteiger partial charge in [-0.15, -0.1) is 5.10 Å². The summed E-state index contributed by atoms with van der Waals surface area (Å²) >= 11 is 3.40. The summed E-state index contributed by atoms with van der Waals surface area (Å²) in [6.07, 6.45) is 4.46. The summed E-state index contributed by atoms with van der Waals surface area (Å²) < 4.78 is 6.04. The summed E-state index contributed by atoms with van der Waals surface area (Å²) in [5, 5.41) is 9.33. The van der Waals surface area contributed by atoms with E-state index in [4.69, 9.17) is 4.42 Å². The predicted molar refractivity (Wildman–Crippen MR) is 85.9 cm³/mol. The first-order chi connectivity index (χ1) is 10.7. The fraction of sp³-hybridized carbons (Fsp3) is 0. The third kappa shape index (κ3) is 3.50. The highest BCUT2D eigenvalue weighted by atomic mass is 79.9. The monoisotopic (exact) mass is 358 g/mol. The van der Waals surface area contributed by atoms with Crippen molar-refractivity contribution in [3.05, 3.63) is 59.0 Å². The fourth-order valence-corrected chi connectivity index (χ4v) is 2.18. The second-order valence-electron chi connectivity index (χ2n) is 4.36. The second kappa shape index (κ2) is 6.40. The molecule has 0 saturated heterocycles. The Bertz CT molecular complexity index is 809. The Balaban J connectivity index is 1.68. The first kappa shape index (κ1) is 14.3. The molecule has 0 aliphatic heterocycles. The van der Waals surface area contributed by atoms with Crippen LogP contribution in [0, 0.1) is 0 Å². The molecule has 3 rings (SSSR count). The van der Waals surface area contributed by atoms with Gasteiger partial charge in [0.05, 0.1) is 6.26 Å². The molecule has 1 aromatic carbocycles. The van der Waals surface area contributed by atoms with Crippen LogP contribution in [0.5, 0.6) is 0 Å². The Morgan fingerprint density at radius 2 is 2.23 bits per heavy atom. The number of amides is 1. The molecule has 6 nitrogen and oxygen atoms in total. The molecule has 110 valence electrons. The summed E-state index contributed by atoms with van der Waals surface area (Å²) in [7, 11) is 0. The number of hydrogen-bond donors (Lipinski definition) is 2. The van der Waals surface area contributed by atoms with Crippen molar-refractivity contribution in [3.8, 4) is 11.4 Å². The van der Waals surface area contributed by atoms with E-state index in [2.05, 4.69) is 36.4 Å². The molecular formula is C15H11BrN4O2. The number of anilines is 1. The molecule has 0 bridgehead atoms. The number of carbonyl (C=O) groups excluding carboxylic acids is 1. The Labute approximate surface area is 134 Å². The van der Waals surface area contributed by atoms with Gasteiger partial charge in [0.15, 0.2) is 5.82 Å². The highest BCUT2D eigenvalue weighted by molar-refractivity contribution is 9.10. The van der Waals surface area contributed by atoms with Crippen molar-refractivity contribution in [2.75, 3.05) is 5.32 Å². The number of rotatable bonds is 4. The number of halogens is 1. The van der Waals surface area contributed by atoms with E-state index in [0.717, 1.165) is 10.0 Å². The predicted octanol–water partition coefficient (Wildman–Crippen LogP) is 3.48. The van der Waals surface area contributed by atoms with Gasteiger partial charge < -0.3 is 4.42 Å². The molecule has 22 heavy (non-hydrogen) atoms. The highest BCUT2D eigenvalue weighted by Crippen LogP contribution is 2.20. The van der Waals surface area contributed by atoms with Gasteiger partial charge >= 0.3 is 0 Å². The summed E-state index contributed by atoms with van der Waals surface area (Å²) in [6.45, 7) is 0. The fourth-order valence-electron chi connectivity index (χ4n) is 1.78. The smallest absolute Gasteiger partial charge is 0.250 e. The van der Waals surface area contributed by atoms with E-state index in [9.17, 15) is 4.79 Å². The van der Waals surface area contributed by atoms with Gasteiger partial charge in [0.2, 0.25) is 5.95 Å². The molecule has 0 unspecified atom stereocenters. The van der Waals surface area contributed by atoms with Gasteiger partial charge in [0.25, 0.3) is 5.91 Å². The SMILES string of the molecule is O=C(/C=C/c1ccco1)Nc1n[nH]c(-c2cccc(Br)c2)n1. The lowest BCUT2D eigenvalue weighted by Gasteiger charge is -1.96.